The van der Waals surface area contributed by atoms with Crippen LogP contribution in [0.3, 0.4) is 0 Å². The Morgan fingerprint density at radius 3 is 2.46 bits per heavy atom. The van der Waals surface area contributed by atoms with Crippen LogP contribution in [0, 0.1) is 11.8 Å². The third-order valence-electron chi connectivity index (χ3n) is 4.19. The van der Waals surface area contributed by atoms with Gasteiger partial charge in [-0.2, -0.15) is 0 Å². The average Bonchev–Trinajstić information content (AvgIpc) is 2.64. The number of anilines is 1. The molecule has 0 amide bonds. The monoisotopic (exact) mass is 355 g/mol. The van der Waals surface area contributed by atoms with Gasteiger partial charge in [0.25, 0.3) is 0 Å². The lowest BCUT2D eigenvalue weighted by molar-refractivity contribution is -0.130. The predicted octanol–water partition coefficient (Wildman–Crippen LogP) is 6.01. The predicted molar refractivity (Wildman–Crippen MR) is 110 cm³/mol. The Morgan fingerprint density at radius 2 is 1.73 bits per heavy atom. The number of allylic oxidation sites excluding steroid dienone is 2. The Labute approximate surface area is 158 Å². The molecule has 0 saturated heterocycles. The molecule has 0 atom stereocenters. The van der Waals surface area contributed by atoms with Crippen molar-refractivity contribution in [2.45, 2.75) is 71.1 Å². The molecular weight excluding hydrogens is 322 g/mol. The number of nitrogens with one attached hydrogen (secondary N) is 1. The molecular formula is C23H33NO2. The van der Waals surface area contributed by atoms with Gasteiger partial charge in [-0.05, 0) is 43.9 Å². The van der Waals surface area contributed by atoms with Crippen molar-refractivity contribution in [3.05, 3.63) is 42.0 Å². The summed E-state index contributed by atoms with van der Waals surface area (Å²) in [5.41, 5.74) is 1.70. The van der Waals surface area contributed by atoms with Gasteiger partial charge in [0.2, 0.25) is 0 Å². The van der Waals surface area contributed by atoms with Crippen molar-refractivity contribution in [1.29, 1.82) is 0 Å². The van der Waals surface area contributed by atoms with Crippen molar-refractivity contribution < 1.29 is 9.90 Å². The molecule has 0 fully saturated rings. The lowest BCUT2D eigenvalue weighted by atomic mass is 10.1. The van der Waals surface area contributed by atoms with E-state index in [2.05, 4.69) is 36.2 Å². The van der Waals surface area contributed by atoms with Gasteiger partial charge in [-0.3, -0.25) is 0 Å². The van der Waals surface area contributed by atoms with Crippen LogP contribution in [-0.4, -0.2) is 17.6 Å². The molecule has 0 radical (unpaired) electrons. The zero-order chi connectivity index (χ0) is 18.9. The summed E-state index contributed by atoms with van der Waals surface area (Å²) in [6.07, 6.45) is 17.5. The topological polar surface area (TPSA) is 49.3 Å². The minimum absolute atomic E-state index is 0.715. The van der Waals surface area contributed by atoms with Crippen LogP contribution >= 0.6 is 0 Å². The molecule has 26 heavy (non-hydrogen) atoms. The second-order valence-corrected chi connectivity index (χ2v) is 6.59. The van der Waals surface area contributed by atoms with Gasteiger partial charge in [0.1, 0.15) is 0 Å². The zero-order valence-electron chi connectivity index (χ0n) is 16.1. The van der Waals surface area contributed by atoms with Gasteiger partial charge in [-0.15, -0.1) is 0 Å². The Kier molecular flexibility index (Phi) is 12.7. The molecule has 0 bridgehead atoms. The molecule has 0 aromatic heterocycles. The van der Waals surface area contributed by atoms with Crippen LogP contribution in [0.25, 0.3) is 0 Å². The number of carboxylic acids is 1. The molecule has 0 unspecified atom stereocenters. The number of unbranched alkanes of at least 4 members (excludes halogenated alkanes) is 8. The first-order valence-electron chi connectivity index (χ1n) is 9.96. The van der Waals surface area contributed by atoms with Crippen LogP contribution in [0.15, 0.2) is 36.4 Å². The van der Waals surface area contributed by atoms with E-state index in [1.807, 2.05) is 24.3 Å². The Bertz CT molecular complexity index is 596. The smallest absolute Gasteiger partial charge is 0.382 e. The van der Waals surface area contributed by atoms with Gasteiger partial charge in [-0.25, -0.2) is 4.79 Å². The van der Waals surface area contributed by atoms with Gasteiger partial charge in [0.15, 0.2) is 0 Å². The van der Waals surface area contributed by atoms with Crippen molar-refractivity contribution in [3.8, 4) is 11.8 Å². The highest BCUT2D eigenvalue weighted by atomic mass is 16.4. The number of carbonyl (C=O) groups is 1. The van der Waals surface area contributed by atoms with E-state index < -0.39 is 5.97 Å². The van der Waals surface area contributed by atoms with Gasteiger partial charge in [-0.1, -0.05) is 69.6 Å². The summed E-state index contributed by atoms with van der Waals surface area (Å²) in [7, 11) is 0. The van der Waals surface area contributed by atoms with Crippen LogP contribution in [0.5, 0.6) is 0 Å². The van der Waals surface area contributed by atoms with Crippen molar-refractivity contribution in [3.63, 3.8) is 0 Å². The van der Waals surface area contributed by atoms with E-state index in [1.165, 1.54) is 51.4 Å². The summed E-state index contributed by atoms with van der Waals surface area (Å²) >= 11 is 0. The van der Waals surface area contributed by atoms with E-state index in [-0.39, 0.29) is 0 Å². The molecule has 0 saturated carbocycles. The second kappa shape index (κ2) is 15.1. The molecule has 1 aromatic carbocycles. The first-order valence-corrected chi connectivity index (χ1v) is 9.96. The van der Waals surface area contributed by atoms with Crippen LogP contribution in [-0.2, 0) is 4.79 Å². The van der Waals surface area contributed by atoms with Gasteiger partial charge in [0, 0.05) is 23.7 Å². The van der Waals surface area contributed by atoms with Crippen LogP contribution < -0.4 is 5.32 Å². The fourth-order valence-electron chi connectivity index (χ4n) is 2.74. The lowest BCUT2D eigenvalue weighted by Gasteiger charge is -2.05. The Morgan fingerprint density at radius 1 is 1.04 bits per heavy atom. The largest absolute Gasteiger partial charge is 0.472 e. The molecule has 2 N–H and O–H groups in total. The van der Waals surface area contributed by atoms with E-state index in [0.717, 1.165) is 25.1 Å². The van der Waals surface area contributed by atoms with Crippen molar-refractivity contribution >= 4 is 11.7 Å². The summed E-state index contributed by atoms with van der Waals surface area (Å²) in [6.45, 7) is 3.16. The number of carboxylic acid groups (broad SMARTS) is 1. The standard InChI is InChI=1S/C23H33NO2/c1-2-3-4-5-6-7-8-9-10-11-12-13-19-24-22-16-14-15-21(20-22)17-18-23(25)26/h10-11,14-16,20,24H,2-9,12-13,19H2,1H3,(H,25,26)/b11-10+. The molecule has 0 spiro atoms. The molecule has 0 aliphatic heterocycles. The van der Waals surface area contributed by atoms with Crippen molar-refractivity contribution in [2.75, 3.05) is 11.9 Å². The number of rotatable bonds is 13. The molecule has 0 heterocycles. The number of hydrogen-bond acceptors (Lipinski definition) is 2. The maximum absolute atomic E-state index is 10.5. The maximum atomic E-state index is 10.5. The summed E-state index contributed by atoms with van der Waals surface area (Å²) in [5, 5.41) is 11.9. The Hall–Kier alpha value is -2.21. The fourth-order valence-corrected chi connectivity index (χ4v) is 2.74. The van der Waals surface area contributed by atoms with Gasteiger partial charge in [0.05, 0.1) is 0 Å². The quantitative estimate of drug-likeness (QED) is 0.259. The summed E-state index contributed by atoms with van der Waals surface area (Å²) in [4.78, 5) is 10.5. The molecule has 0 aliphatic carbocycles. The Balaban J connectivity index is 2.06. The number of aliphatic carboxylic acids is 1. The highest BCUT2D eigenvalue weighted by Crippen LogP contribution is 2.11. The van der Waals surface area contributed by atoms with E-state index in [9.17, 15) is 4.79 Å². The average molecular weight is 356 g/mol. The van der Waals surface area contributed by atoms with Gasteiger partial charge >= 0.3 is 5.97 Å². The molecule has 1 aromatic rings. The molecule has 142 valence electrons. The van der Waals surface area contributed by atoms with Crippen LogP contribution in [0.4, 0.5) is 5.69 Å². The maximum Gasteiger partial charge on any atom is 0.382 e. The first-order chi connectivity index (χ1) is 12.7. The van der Waals surface area contributed by atoms with E-state index in [1.54, 1.807) is 0 Å². The molecule has 1 rings (SSSR count). The van der Waals surface area contributed by atoms with E-state index in [0.29, 0.717) is 5.56 Å². The minimum atomic E-state index is -1.10. The normalized spacial score (nSPS) is 10.5. The van der Waals surface area contributed by atoms with Crippen molar-refractivity contribution in [1.82, 2.24) is 0 Å². The number of benzene rings is 1. The molecule has 3 nitrogen and oxygen atoms in total. The highest BCUT2D eigenvalue weighted by Gasteiger charge is 1.94. The number of hydrogen-bond donors (Lipinski definition) is 2. The summed E-state index contributed by atoms with van der Waals surface area (Å²) in [5.74, 6) is 3.66. The van der Waals surface area contributed by atoms with Crippen molar-refractivity contribution in [2.24, 2.45) is 0 Å². The molecule has 3 heteroatoms. The van der Waals surface area contributed by atoms with E-state index >= 15 is 0 Å². The minimum Gasteiger partial charge on any atom is -0.472 e. The fraction of sp³-hybridized carbons (Fsp3) is 0.522. The SMILES string of the molecule is CCCCCCCCC/C=C/CCCNc1cccc(C#CC(=O)O)c1. The second-order valence-electron chi connectivity index (χ2n) is 6.59. The zero-order valence-corrected chi connectivity index (χ0v) is 16.1. The first kappa shape index (κ1) is 21.8. The summed E-state index contributed by atoms with van der Waals surface area (Å²) in [6, 6.07) is 7.55. The lowest BCUT2D eigenvalue weighted by Crippen LogP contribution is -2.00. The highest BCUT2D eigenvalue weighted by molar-refractivity contribution is 5.87. The van der Waals surface area contributed by atoms with Crippen LogP contribution in [0.2, 0.25) is 0 Å². The van der Waals surface area contributed by atoms with E-state index in [4.69, 9.17) is 5.11 Å². The third-order valence-corrected chi connectivity index (χ3v) is 4.19. The van der Waals surface area contributed by atoms with Gasteiger partial charge < -0.3 is 10.4 Å². The molecule has 0 aliphatic rings. The summed E-state index contributed by atoms with van der Waals surface area (Å²) < 4.78 is 0. The third kappa shape index (κ3) is 12.2. The van der Waals surface area contributed by atoms with Crippen LogP contribution in [0.1, 0.15) is 76.7 Å².